The molecule has 1 aromatic heterocycles. The number of hydrogen-bond donors (Lipinski definition) is 3. The highest BCUT2D eigenvalue weighted by Crippen LogP contribution is 2.35. The summed E-state index contributed by atoms with van der Waals surface area (Å²) in [6, 6.07) is 5.02. The van der Waals surface area contributed by atoms with E-state index in [1.165, 1.54) is 0 Å². The molecular formula is C21H23N5O5. The molecule has 162 valence electrons. The molecule has 2 aromatic rings. The summed E-state index contributed by atoms with van der Waals surface area (Å²) in [6.07, 6.45) is 2.01. The molecule has 1 aromatic carbocycles. The number of aromatic nitrogens is 2. The van der Waals surface area contributed by atoms with Gasteiger partial charge in [-0.05, 0) is 30.9 Å². The zero-order chi connectivity index (χ0) is 21.5. The number of carbonyl (C=O) groups excluding carboxylic acids is 2. The first-order valence-corrected chi connectivity index (χ1v) is 10.4. The first kappa shape index (κ1) is 19.4. The number of benzene rings is 1. The van der Waals surface area contributed by atoms with Crippen molar-refractivity contribution < 1.29 is 19.1 Å². The van der Waals surface area contributed by atoms with Gasteiger partial charge in [-0.1, -0.05) is 6.92 Å². The third-order valence-corrected chi connectivity index (χ3v) is 5.85. The van der Waals surface area contributed by atoms with E-state index in [1.807, 2.05) is 4.90 Å². The van der Waals surface area contributed by atoms with Crippen molar-refractivity contribution in [2.45, 2.75) is 32.1 Å². The Morgan fingerprint density at radius 1 is 1.26 bits per heavy atom. The molecule has 0 bridgehead atoms. The minimum atomic E-state index is -0.945. The molecule has 2 atom stereocenters. The van der Waals surface area contributed by atoms with Crippen LogP contribution in [0, 0.1) is 5.92 Å². The lowest BCUT2D eigenvalue weighted by Gasteiger charge is -2.32. The molecule has 0 unspecified atom stereocenters. The Bertz CT molecular complexity index is 1110. The molecule has 10 nitrogen and oxygen atoms in total. The average molecular weight is 425 g/mol. The lowest BCUT2D eigenvalue weighted by molar-refractivity contribution is -0.123. The molecule has 1 fully saturated rings. The number of H-pyrrole nitrogens is 1. The monoisotopic (exact) mass is 425 g/mol. The predicted molar refractivity (Wildman–Crippen MR) is 113 cm³/mol. The number of aromatic amines is 1. The van der Waals surface area contributed by atoms with Crippen LogP contribution in [0.1, 0.15) is 37.7 Å². The molecule has 4 heterocycles. The Morgan fingerprint density at radius 3 is 2.94 bits per heavy atom. The Balaban J connectivity index is 1.43. The van der Waals surface area contributed by atoms with Crippen molar-refractivity contribution in [1.82, 2.24) is 9.97 Å². The summed E-state index contributed by atoms with van der Waals surface area (Å²) in [4.78, 5) is 47.6. The van der Waals surface area contributed by atoms with Gasteiger partial charge in [0.2, 0.25) is 24.6 Å². The number of ether oxygens (including phenoxy) is 2. The molecule has 1 saturated heterocycles. The van der Waals surface area contributed by atoms with Crippen LogP contribution >= 0.6 is 0 Å². The van der Waals surface area contributed by atoms with E-state index < -0.39 is 17.4 Å². The topological polar surface area (TPSA) is 126 Å². The fourth-order valence-electron chi connectivity index (χ4n) is 4.32. The van der Waals surface area contributed by atoms with E-state index in [-0.39, 0.29) is 30.5 Å². The zero-order valence-electron chi connectivity index (χ0n) is 17.1. The quantitative estimate of drug-likeness (QED) is 0.685. The molecule has 2 amide bonds. The van der Waals surface area contributed by atoms with Crippen LogP contribution < -0.4 is 30.6 Å². The second-order valence-corrected chi connectivity index (χ2v) is 8.21. The van der Waals surface area contributed by atoms with E-state index in [1.54, 1.807) is 18.2 Å². The highest BCUT2D eigenvalue weighted by molar-refractivity contribution is 6.04. The van der Waals surface area contributed by atoms with Crippen molar-refractivity contribution in [2.24, 2.45) is 5.92 Å². The summed E-state index contributed by atoms with van der Waals surface area (Å²) < 4.78 is 10.6. The number of amides is 2. The standard InChI is InChI=1S/C21H23N5O5/c1-11-3-2-6-26(9-11)21-24-18-17(20(29)25-21)13(8-16(27)23-18)19(28)22-12-4-5-14-15(7-12)31-10-30-14/h4-5,7,11,13H,2-3,6,8-10H2,1H3,(H,22,28)(H2,23,24,25,27,29)/t11-,13-/m1/s1. The van der Waals surface area contributed by atoms with Gasteiger partial charge in [-0.15, -0.1) is 0 Å². The number of nitrogens with one attached hydrogen (secondary N) is 3. The van der Waals surface area contributed by atoms with E-state index in [0.29, 0.717) is 29.1 Å². The van der Waals surface area contributed by atoms with E-state index >= 15 is 0 Å². The fourth-order valence-corrected chi connectivity index (χ4v) is 4.32. The van der Waals surface area contributed by atoms with Gasteiger partial charge in [-0.25, -0.2) is 0 Å². The Morgan fingerprint density at radius 2 is 2.10 bits per heavy atom. The van der Waals surface area contributed by atoms with Gasteiger partial charge in [0.15, 0.2) is 11.5 Å². The molecule has 3 aliphatic heterocycles. The summed E-state index contributed by atoms with van der Waals surface area (Å²) >= 11 is 0. The molecule has 5 rings (SSSR count). The zero-order valence-corrected chi connectivity index (χ0v) is 17.1. The summed E-state index contributed by atoms with van der Waals surface area (Å²) in [5, 5.41) is 5.43. The van der Waals surface area contributed by atoms with Crippen molar-refractivity contribution in [3.8, 4) is 11.5 Å². The molecule has 3 N–H and O–H groups in total. The summed E-state index contributed by atoms with van der Waals surface area (Å²) in [7, 11) is 0. The summed E-state index contributed by atoms with van der Waals surface area (Å²) in [5.74, 6) is 0.437. The highest BCUT2D eigenvalue weighted by atomic mass is 16.7. The number of anilines is 3. The van der Waals surface area contributed by atoms with Gasteiger partial charge < -0.3 is 25.0 Å². The molecule has 0 saturated carbocycles. The maximum absolute atomic E-state index is 13.0. The van der Waals surface area contributed by atoms with Gasteiger partial charge in [0, 0.05) is 31.3 Å². The molecule has 3 aliphatic rings. The largest absolute Gasteiger partial charge is 0.454 e. The van der Waals surface area contributed by atoms with Crippen LogP contribution in [0.5, 0.6) is 11.5 Å². The number of hydrogen-bond acceptors (Lipinski definition) is 7. The SMILES string of the molecule is C[C@@H]1CCCN(c2nc3c(c(=O)[nH]2)[C@H](C(=O)Nc2ccc4c(c2)OCO4)CC(=O)N3)C1. The van der Waals surface area contributed by atoms with E-state index in [4.69, 9.17) is 9.47 Å². The first-order chi connectivity index (χ1) is 15.0. The van der Waals surface area contributed by atoms with E-state index in [2.05, 4.69) is 27.5 Å². The lowest BCUT2D eigenvalue weighted by Crippen LogP contribution is -2.40. The molecule has 0 spiro atoms. The van der Waals surface area contributed by atoms with Crippen molar-refractivity contribution in [1.29, 1.82) is 0 Å². The van der Waals surface area contributed by atoms with E-state index in [0.717, 1.165) is 25.9 Å². The fraction of sp³-hybridized carbons (Fsp3) is 0.429. The normalized spacial score (nSPS) is 22.0. The van der Waals surface area contributed by atoms with Crippen molar-refractivity contribution >= 4 is 29.3 Å². The van der Waals surface area contributed by atoms with Crippen LogP contribution in [0.2, 0.25) is 0 Å². The van der Waals surface area contributed by atoms with Crippen molar-refractivity contribution in [2.75, 3.05) is 35.4 Å². The minimum Gasteiger partial charge on any atom is -0.454 e. The van der Waals surface area contributed by atoms with Gasteiger partial charge in [-0.3, -0.25) is 19.4 Å². The minimum absolute atomic E-state index is 0.127. The van der Waals surface area contributed by atoms with Gasteiger partial charge in [0.1, 0.15) is 5.82 Å². The molecular weight excluding hydrogens is 402 g/mol. The van der Waals surface area contributed by atoms with Gasteiger partial charge >= 0.3 is 0 Å². The first-order valence-electron chi connectivity index (χ1n) is 10.4. The number of nitrogens with zero attached hydrogens (tertiary/aromatic N) is 2. The van der Waals surface area contributed by atoms with Crippen LogP contribution in [-0.2, 0) is 9.59 Å². The molecule has 0 radical (unpaired) electrons. The highest BCUT2D eigenvalue weighted by Gasteiger charge is 2.35. The van der Waals surface area contributed by atoms with Gasteiger partial charge in [0.25, 0.3) is 5.56 Å². The van der Waals surface area contributed by atoms with Crippen LogP contribution in [0.3, 0.4) is 0 Å². The predicted octanol–water partition coefficient (Wildman–Crippen LogP) is 1.80. The maximum Gasteiger partial charge on any atom is 0.258 e. The number of carbonyl (C=O) groups is 2. The smallest absolute Gasteiger partial charge is 0.258 e. The van der Waals surface area contributed by atoms with Crippen molar-refractivity contribution in [3.05, 3.63) is 34.1 Å². The second-order valence-electron chi connectivity index (χ2n) is 8.21. The van der Waals surface area contributed by atoms with Crippen LogP contribution in [-0.4, -0.2) is 41.7 Å². The lowest BCUT2D eigenvalue weighted by atomic mass is 9.92. The second kappa shape index (κ2) is 7.60. The van der Waals surface area contributed by atoms with E-state index in [9.17, 15) is 14.4 Å². The third-order valence-electron chi connectivity index (χ3n) is 5.85. The Hall–Kier alpha value is -3.56. The average Bonchev–Trinajstić information content (AvgIpc) is 3.20. The number of rotatable bonds is 3. The third kappa shape index (κ3) is 3.69. The summed E-state index contributed by atoms with van der Waals surface area (Å²) in [6.45, 7) is 3.85. The molecule has 31 heavy (non-hydrogen) atoms. The van der Waals surface area contributed by atoms with Crippen LogP contribution in [0.4, 0.5) is 17.5 Å². The van der Waals surface area contributed by atoms with Gasteiger partial charge in [-0.2, -0.15) is 4.98 Å². The maximum atomic E-state index is 13.0. The summed E-state index contributed by atoms with van der Waals surface area (Å²) in [5.41, 5.74) is 0.251. The number of piperidine rings is 1. The number of fused-ring (bicyclic) bond motifs is 2. The molecule has 10 heteroatoms. The van der Waals surface area contributed by atoms with Crippen LogP contribution in [0.15, 0.2) is 23.0 Å². The van der Waals surface area contributed by atoms with Crippen LogP contribution in [0.25, 0.3) is 0 Å². The Kier molecular flexibility index (Phi) is 4.76. The Labute approximate surface area is 177 Å². The molecule has 0 aliphatic carbocycles. The van der Waals surface area contributed by atoms with Crippen molar-refractivity contribution in [3.63, 3.8) is 0 Å². The van der Waals surface area contributed by atoms with Gasteiger partial charge in [0.05, 0.1) is 11.5 Å².